The van der Waals surface area contributed by atoms with E-state index in [4.69, 9.17) is 0 Å². The molecule has 3 heterocycles. The maximum absolute atomic E-state index is 11.5. The van der Waals surface area contributed by atoms with Gasteiger partial charge in [-0.25, -0.2) is 14.8 Å². The van der Waals surface area contributed by atoms with Crippen LogP contribution in [-0.4, -0.2) is 54.2 Å². The number of anilines is 2. The molecule has 3 rings (SSSR count). The van der Waals surface area contributed by atoms with Gasteiger partial charge in [-0.1, -0.05) is 0 Å². The van der Waals surface area contributed by atoms with E-state index in [1.165, 1.54) is 13.3 Å². The van der Waals surface area contributed by atoms with Crippen LogP contribution >= 0.6 is 11.3 Å². The second-order valence-electron chi connectivity index (χ2n) is 4.54. The summed E-state index contributed by atoms with van der Waals surface area (Å²) < 4.78 is 4.67. The van der Waals surface area contributed by atoms with E-state index in [0.717, 1.165) is 31.3 Å². The summed E-state index contributed by atoms with van der Waals surface area (Å²) >= 11 is 1.64. The number of thiazole rings is 1. The molecule has 1 saturated heterocycles. The van der Waals surface area contributed by atoms with Crippen molar-refractivity contribution < 1.29 is 9.53 Å². The van der Waals surface area contributed by atoms with Crippen LogP contribution in [0.15, 0.2) is 24.0 Å². The van der Waals surface area contributed by atoms with Crippen molar-refractivity contribution in [2.24, 2.45) is 0 Å². The molecule has 110 valence electrons. The monoisotopic (exact) mass is 305 g/mol. The molecule has 0 saturated carbocycles. The van der Waals surface area contributed by atoms with Crippen LogP contribution in [0.5, 0.6) is 0 Å². The quantitative estimate of drug-likeness (QED) is 0.785. The van der Waals surface area contributed by atoms with Gasteiger partial charge in [-0.15, -0.1) is 11.3 Å². The Balaban J connectivity index is 1.68. The van der Waals surface area contributed by atoms with Gasteiger partial charge >= 0.3 is 5.97 Å². The van der Waals surface area contributed by atoms with E-state index < -0.39 is 5.97 Å². The van der Waals surface area contributed by atoms with Crippen molar-refractivity contribution in [1.29, 1.82) is 0 Å². The zero-order chi connectivity index (χ0) is 14.7. The molecule has 0 spiro atoms. The molecule has 1 aliphatic rings. The highest BCUT2D eigenvalue weighted by Gasteiger charge is 2.20. The first-order valence-corrected chi connectivity index (χ1v) is 7.45. The number of carbonyl (C=O) groups excluding carboxylic acids is 1. The van der Waals surface area contributed by atoms with Crippen molar-refractivity contribution in [3.8, 4) is 0 Å². The number of carbonyl (C=O) groups is 1. The molecule has 7 nitrogen and oxygen atoms in total. The molecular formula is C13H15N5O2S. The van der Waals surface area contributed by atoms with Gasteiger partial charge in [0.25, 0.3) is 0 Å². The van der Waals surface area contributed by atoms with Crippen LogP contribution in [-0.2, 0) is 4.74 Å². The molecule has 0 bridgehead atoms. The maximum Gasteiger partial charge on any atom is 0.358 e. The predicted octanol–water partition coefficient (Wildman–Crippen LogP) is 1.05. The number of methoxy groups -OCH3 is 1. The molecule has 21 heavy (non-hydrogen) atoms. The first-order valence-electron chi connectivity index (χ1n) is 6.57. The van der Waals surface area contributed by atoms with E-state index >= 15 is 0 Å². The summed E-state index contributed by atoms with van der Waals surface area (Å²) in [5.74, 6) is 0.238. The van der Waals surface area contributed by atoms with Gasteiger partial charge in [0.2, 0.25) is 0 Å². The lowest BCUT2D eigenvalue weighted by Crippen LogP contribution is -2.47. The Morgan fingerprint density at radius 1 is 1.24 bits per heavy atom. The van der Waals surface area contributed by atoms with Crippen molar-refractivity contribution in [2.75, 3.05) is 43.1 Å². The van der Waals surface area contributed by atoms with Gasteiger partial charge in [0, 0.05) is 37.8 Å². The second-order valence-corrected chi connectivity index (χ2v) is 5.42. The zero-order valence-electron chi connectivity index (χ0n) is 11.6. The lowest BCUT2D eigenvalue weighted by molar-refractivity contribution is 0.0593. The molecule has 0 aliphatic carbocycles. The molecule has 1 fully saturated rings. The number of hydrogen-bond donors (Lipinski definition) is 0. The third-order valence-electron chi connectivity index (χ3n) is 3.31. The van der Waals surface area contributed by atoms with Gasteiger partial charge in [0.1, 0.15) is 5.82 Å². The Kier molecular flexibility index (Phi) is 3.96. The smallest absolute Gasteiger partial charge is 0.358 e. The molecule has 0 N–H and O–H groups in total. The Morgan fingerprint density at radius 2 is 2.00 bits per heavy atom. The van der Waals surface area contributed by atoms with E-state index in [1.807, 2.05) is 11.6 Å². The van der Waals surface area contributed by atoms with Gasteiger partial charge < -0.3 is 14.5 Å². The number of hydrogen-bond acceptors (Lipinski definition) is 8. The van der Waals surface area contributed by atoms with Gasteiger partial charge in [-0.2, -0.15) is 0 Å². The fraction of sp³-hybridized carbons (Fsp3) is 0.385. The largest absolute Gasteiger partial charge is 0.464 e. The minimum Gasteiger partial charge on any atom is -0.464 e. The topological polar surface area (TPSA) is 71.5 Å². The second kappa shape index (κ2) is 6.04. The summed E-state index contributed by atoms with van der Waals surface area (Å²) in [6, 6.07) is 0. The normalized spacial score (nSPS) is 15.1. The van der Waals surface area contributed by atoms with Crippen molar-refractivity contribution in [3.05, 3.63) is 29.7 Å². The van der Waals surface area contributed by atoms with Gasteiger partial charge in [-0.05, 0) is 0 Å². The fourth-order valence-corrected chi connectivity index (χ4v) is 2.91. The highest BCUT2D eigenvalue weighted by Crippen LogP contribution is 2.20. The van der Waals surface area contributed by atoms with E-state index in [-0.39, 0.29) is 5.69 Å². The lowest BCUT2D eigenvalue weighted by atomic mass is 10.3. The summed E-state index contributed by atoms with van der Waals surface area (Å²) in [6.45, 7) is 3.38. The average molecular weight is 305 g/mol. The molecule has 2 aromatic heterocycles. The van der Waals surface area contributed by atoms with Crippen molar-refractivity contribution >= 4 is 28.3 Å². The summed E-state index contributed by atoms with van der Waals surface area (Å²) in [6.07, 6.45) is 4.91. The van der Waals surface area contributed by atoms with Crippen LogP contribution in [0.4, 0.5) is 10.9 Å². The average Bonchev–Trinajstić information content (AvgIpc) is 3.09. The highest BCUT2D eigenvalue weighted by atomic mass is 32.1. The number of aromatic nitrogens is 3. The molecule has 0 atom stereocenters. The molecule has 0 amide bonds. The molecule has 0 radical (unpaired) electrons. The minimum atomic E-state index is -0.467. The lowest BCUT2D eigenvalue weighted by Gasteiger charge is -2.35. The van der Waals surface area contributed by atoms with E-state index in [1.54, 1.807) is 17.5 Å². The minimum absolute atomic E-state index is 0.234. The molecule has 8 heteroatoms. The van der Waals surface area contributed by atoms with Gasteiger partial charge in [0.05, 0.1) is 19.5 Å². The number of esters is 1. The summed E-state index contributed by atoms with van der Waals surface area (Å²) in [5.41, 5.74) is 0.234. The van der Waals surface area contributed by atoms with E-state index in [2.05, 4.69) is 29.5 Å². The van der Waals surface area contributed by atoms with Crippen molar-refractivity contribution in [1.82, 2.24) is 15.0 Å². The number of rotatable bonds is 3. The first kappa shape index (κ1) is 13.7. The Morgan fingerprint density at radius 3 is 2.67 bits per heavy atom. The van der Waals surface area contributed by atoms with Crippen LogP contribution in [0.25, 0.3) is 0 Å². The van der Waals surface area contributed by atoms with Crippen LogP contribution in [0.3, 0.4) is 0 Å². The van der Waals surface area contributed by atoms with Crippen molar-refractivity contribution in [3.63, 3.8) is 0 Å². The Bertz CT molecular complexity index is 611. The maximum atomic E-state index is 11.5. The summed E-state index contributed by atoms with van der Waals surface area (Å²) in [7, 11) is 1.34. The van der Waals surface area contributed by atoms with Crippen LogP contribution in [0, 0.1) is 0 Å². The van der Waals surface area contributed by atoms with E-state index in [9.17, 15) is 4.79 Å². The van der Waals surface area contributed by atoms with Gasteiger partial charge in [0.15, 0.2) is 10.8 Å². The van der Waals surface area contributed by atoms with Gasteiger partial charge in [-0.3, -0.25) is 4.98 Å². The zero-order valence-corrected chi connectivity index (χ0v) is 12.4. The predicted molar refractivity (Wildman–Crippen MR) is 79.9 cm³/mol. The van der Waals surface area contributed by atoms with Crippen LogP contribution in [0.1, 0.15) is 10.5 Å². The molecule has 1 aliphatic heterocycles. The summed E-state index contributed by atoms with van der Waals surface area (Å²) in [5, 5.41) is 3.02. The third kappa shape index (κ3) is 2.94. The highest BCUT2D eigenvalue weighted by molar-refractivity contribution is 7.13. The van der Waals surface area contributed by atoms with E-state index in [0.29, 0.717) is 5.82 Å². The number of nitrogens with zero attached hydrogens (tertiary/aromatic N) is 5. The SMILES string of the molecule is COC(=O)c1cncc(N2CCN(c3nccs3)CC2)n1. The number of ether oxygens (including phenoxy) is 1. The Hall–Kier alpha value is -2.22. The number of piperazine rings is 1. The summed E-state index contributed by atoms with van der Waals surface area (Å²) in [4.78, 5) is 28.6. The Labute approximate surface area is 126 Å². The first-order chi connectivity index (χ1) is 10.3. The van der Waals surface area contributed by atoms with Crippen molar-refractivity contribution in [2.45, 2.75) is 0 Å². The molecule has 0 aromatic carbocycles. The standard InChI is InChI=1S/C13H15N5O2S/c1-20-12(19)10-8-14-9-11(16-10)17-3-5-18(6-4-17)13-15-2-7-21-13/h2,7-9H,3-6H2,1H3. The van der Waals surface area contributed by atoms with Crippen LogP contribution < -0.4 is 9.80 Å². The fourth-order valence-electron chi connectivity index (χ4n) is 2.21. The molecule has 0 unspecified atom stereocenters. The molecule has 2 aromatic rings. The third-order valence-corrected chi connectivity index (χ3v) is 4.14. The van der Waals surface area contributed by atoms with Crippen LogP contribution in [0.2, 0.25) is 0 Å². The molecular weight excluding hydrogens is 290 g/mol.